The summed E-state index contributed by atoms with van der Waals surface area (Å²) in [7, 11) is 0. The summed E-state index contributed by atoms with van der Waals surface area (Å²) in [5, 5.41) is 70.5. The van der Waals surface area contributed by atoms with Crippen LogP contribution in [0.4, 0.5) is 0 Å². The van der Waals surface area contributed by atoms with E-state index in [1.165, 1.54) is 52.4 Å². The maximum Gasteiger partial charge on any atom is 0.326 e. The van der Waals surface area contributed by atoms with Gasteiger partial charge >= 0.3 is 29.8 Å². The normalized spacial score (nSPS) is 13.0. The van der Waals surface area contributed by atoms with Gasteiger partial charge in [-0.25, -0.2) is 14.4 Å². The Hall–Kier alpha value is -6.20. The number of hydrogen-bond donors (Lipinski definition) is 12. The third kappa shape index (κ3) is 53.4. The van der Waals surface area contributed by atoms with Crippen molar-refractivity contribution in [1.82, 2.24) is 31.9 Å². The van der Waals surface area contributed by atoms with Crippen LogP contribution in [0.3, 0.4) is 0 Å². The molecule has 0 rings (SSSR count). The summed E-state index contributed by atoms with van der Waals surface area (Å²) < 4.78 is 20.8. The van der Waals surface area contributed by atoms with Gasteiger partial charge in [0, 0.05) is 70.7 Å². The van der Waals surface area contributed by atoms with Gasteiger partial charge < -0.3 is 81.0 Å². The van der Waals surface area contributed by atoms with Crippen LogP contribution >= 0.6 is 0 Å². The van der Waals surface area contributed by atoms with E-state index in [-0.39, 0.29) is 120 Å². The highest BCUT2D eigenvalue weighted by Gasteiger charge is 2.27. The summed E-state index contributed by atoms with van der Waals surface area (Å²) >= 11 is 0. The number of unbranched alkanes of at least 4 members (excludes halogenated alkanes) is 14. The maximum absolute atomic E-state index is 12.4. The number of aliphatic hydroxyl groups excluding tert-OH is 1. The van der Waals surface area contributed by atoms with Crippen molar-refractivity contribution in [2.24, 2.45) is 5.92 Å². The second kappa shape index (κ2) is 57.0. The smallest absolute Gasteiger partial charge is 0.326 e. The zero-order valence-electron chi connectivity index (χ0n) is 53.3. The number of carbonyl (C=O) groups excluding carboxylic acids is 7. The zero-order chi connectivity index (χ0) is 67.0. The SMILES string of the molecule is CCOCCOCCNC(=O)CC[C@H](NC(=O)CC[C@H](NC(=O)CCCCCCCCCCCCCCCCC(=O)O)C(=O)O)C(=O)O.CC[C@@H](CCCCNC(=O)CC[C@H](NC(=O)COCCOCCCC(C)=O)C(=O)O)C(=O)CNC(C(=O)O)[C@@H](C)O. The van der Waals surface area contributed by atoms with E-state index in [0.29, 0.717) is 77.9 Å². The maximum atomic E-state index is 12.4. The van der Waals surface area contributed by atoms with Crippen LogP contribution in [-0.2, 0) is 76.5 Å². The molecule has 5 amide bonds. The number of hydrogen-bond acceptors (Lipinski definition) is 18. The van der Waals surface area contributed by atoms with Gasteiger partial charge in [0.25, 0.3) is 0 Å². The van der Waals surface area contributed by atoms with Gasteiger partial charge in [-0.15, -0.1) is 0 Å². The predicted molar refractivity (Wildman–Crippen MR) is 327 cm³/mol. The molecule has 0 aromatic rings. The number of carboxylic acids is 5. The molecule has 0 fully saturated rings. The van der Waals surface area contributed by atoms with Crippen LogP contribution in [0.15, 0.2) is 0 Å². The Bertz CT molecular complexity index is 2030. The van der Waals surface area contributed by atoms with Crippen molar-refractivity contribution in [3.63, 3.8) is 0 Å². The fourth-order valence-electron chi connectivity index (χ4n) is 8.82. The predicted octanol–water partition coefficient (Wildman–Crippen LogP) is 4.22. The number of Topliss-reactive ketones (excluding diaryl/α,β-unsaturated/α-hetero) is 2. The molecule has 0 heterocycles. The fraction of sp³-hybridized carbons (Fsp3) is 0.803. The van der Waals surface area contributed by atoms with E-state index in [1.54, 1.807) is 0 Å². The van der Waals surface area contributed by atoms with E-state index < -0.39 is 77.8 Å². The van der Waals surface area contributed by atoms with Gasteiger partial charge in [-0.3, -0.25) is 43.7 Å². The molecule has 0 saturated heterocycles. The number of nitrogens with one attached hydrogen (secondary N) is 6. The molecule has 0 aliphatic carbocycles. The number of carbonyl (C=O) groups is 12. The highest BCUT2D eigenvalue weighted by molar-refractivity contribution is 5.87. The number of rotatable bonds is 60. The largest absolute Gasteiger partial charge is 0.481 e. The minimum atomic E-state index is -1.32. The molecule has 0 bridgehead atoms. The monoisotopic (exact) mass is 1280 g/mol. The van der Waals surface area contributed by atoms with Crippen LogP contribution in [0.25, 0.3) is 0 Å². The lowest BCUT2D eigenvalue weighted by Gasteiger charge is -2.19. The first-order valence-electron chi connectivity index (χ1n) is 31.7. The third-order valence-electron chi connectivity index (χ3n) is 14.0. The fourth-order valence-corrected chi connectivity index (χ4v) is 8.82. The van der Waals surface area contributed by atoms with Crippen molar-refractivity contribution in [1.29, 1.82) is 0 Å². The number of ether oxygens (including phenoxy) is 4. The Kier molecular flexibility index (Phi) is 54.3. The molecule has 12 N–H and O–H groups in total. The van der Waals surface area contributed by atoms with Crippen molar-refractivity contribution in [3.05, 3.63) is 0 Å². The van der Waals surface area contributed by atoms with Gasteiger partial charge in [0.05, 0.1) is 45.7 Å². The minimum Gasteiger partial charge on any atom is -0.481 e. The minimum absolute atomic E-state index is 0.0811. The molecule has 0 radical (unpaired) electrons. The Balaban J connectivity index is 0. The quantitative estimate of drug-likeness (QED) is 0.0379. The standard InChI is InChI=1S/C34H61N3O11.C27H47N3O11/c1-2-47-25-26-48-24-23-35-29(38)21-19-27(33(43)44)37-31(40)22-20-28(34(45)46)36-30(39)17-15-13-11-9-7-5-3-4-6-8-10-12-14-16-18-32(41)42;1-4-20(22(33)16-29-25(19(3)32)27(38)39)9-5-6-12-28-23(34)11-10-21(26(36)37)30-24(35)17-41-15-14-40-13-7-8-18(2)31/h27-28H,2-26H2,1H3,(H,35,38)(H,36,39)(H,37,40)(H,41,42)(H,43,44)(H,45,46);19-21,25,29,32H,4-17H2,1-3H3,(H,28,34)(H,30,35)(H,36,37)(H,38,39)/t27-,28-;19-,20+,21+,25?/m01/s1. The van der Waals surface area contributed by atoms with Crippen LogP contribution in [0, 0.1) is 5.92 Å². The van der Waals surface area contributed by atoms with E-state index in [2.05, 4.69) is 31.9 Å². The summed E-state index contributed by atoms with van der Waals surface area (Å²) in [6.07, 6.45) is 16.5. The molecule has 1 unspecified atom stereocenters. The van der Waals surface area contributed by atoms with Crippen LogP contribution in [0.1, 0.15) is 207 Å². The molecule has 514 valence electrons. The van der Waals surface area contributed by atoms with Crippen LogP contribution in [-0.4, -0.2) is 204 Å². The van der Waals surface area contributed by atoms with Gasteiger partial charge in [-0.1, -0.05) is 90.4 Å². The van der Waals surface area contributed by atoms with Gasteiger partial charge in [-0.2, -0.15) is 0 Å². The topological polar surface area (TPSA) is 435 Å². The van der Waals surface area contributed by atoms with Crippen molar-refractivity contribution >= 4 is 70.9 Å². The van der Waals surface area contributed by atoms with Gasteiger partial charge in [0.1, 0.15) is 42.3 Å². The molecule has 28 heteroatoms. The molecule has 0 aliphatic rings. The van der Waals surface area contributed by atoms with Crippen molar-refractivity contribution < 1.29 is 107 Å². The Morgan fingerprint density at radius 1 is 0.404 bits per heavy atom. The average molecular weight is 1280 g/mol. The highest BCUT2D eigenvalue weighted by atomic mass is 16.5. The second-order valence-corrected chi connectivity index (χ2v) is 21.8. The van der Waals surface area contributed by atoms with Crippen molar-refractivity contribution in [2.45, 2.75) is 238 Å². The van der Waals surface area contributed by atoms with E-state index in [4.69, 9.17) is 29.2 Å². The molecule has 28 nitrogen and oxygen atoms in total. The summed E-state index contributed by atoms with van der Waals surface area (Å²) in [4.78, 5) is 140. The number of ketones is 2. The van der Waals surface area contributed by atoms with E-state index >= 15 is 0 Å². The summed E-state index contributed by atoms with van der Waals surface area (Å²) in [5.41, 5.74) is 0. The number of carboxylic acid groups (broad SMARTS) is 5. The molecule has 0 spiro atoms. The first-order valence-corrected chi connectivity index (χ1v) is 31.7. The van der Waals surface area contributed by atoms with Crippen LogP contribution in [0.2, 0.25) is 0 Å². The molecule has 0 saturated carbocycles. The Morgan fingerprint density at radius 3 is 1.28 bits per heavy atom. The third-order valence-corrected chi connectivity index (χ3v) is 14.0. The lowest BCUT2D eigenvalue weighted by molar-refractivity contribution is -0.143. The van der Waals surface area contributed by atoms with E-state index in [9.17, 15) is 78.0 Å². The molecule has 0 aromatic carbocycles. The lowest BCUT2D eigenvalue weighted by atomic mass is 9.94. The van der Waals surface area contributed by atoms with Crippen molar-refractivity contribution in [2.75, 3.05) is 72.5 Å². The number of amides is 5. The van der Waals surface area contributed by atoms with Gasteiger partial charge in [-0.05, 0) is 78.6 Å². The second-order valence-electron chi connectivity index (χ2n) is 21.8. The number of aliphatic carboxylic acids is 5. The summed E-state index contributed by atoms with van der Waals surface area (Å²) in [6.45, 7) is 9.10. The lowest BCUT2D eigenvalue weighted by Crippen LogP contribution is -2.47. The highest BCUT2D eigenvalue weighted by Crippen LogP contribution is 2.16. The number of aliphatic hydroxyl groups is 1. The Morgan fingerprint density at radius 2 is 0.831 bits per heavy atom. The molecular weight excluding hydrogens is 1170 g/mol. The molecule has 89 heavy (non-hydrogen) atoms. The molecule has 0 aliphatic heterocycles. The average Bonchev–Trinajstić information content (AvgIpc) is 3.67. The van der Waals surface area contributed by atoms with Crippen LogP contribution in [0.5, 0.6) is 0 Å². The van der Waals surface area contributed by atoms with Crippen LogP contribution < -0.4 is 31.9 Å². The summed E-state index contributed by atoms with van der Waals surface area (Å²) in [6, 6.07) is -5.07. The van der Waals surface area contributed by atoms with E-state index in [1.807, 2.05) is 13.8 Å². The van der Waals surface area contributed by atoms with Gasteiger partial charge in [0.15, 0.2) is 0 Å². The molecule has 6 atom stereocenters. The zero-order valence-corrected chi connectivity index (χ0v) is 53.3. The molecule has 0 aromatic heterocycles. The summed E-state index contributed by atoms with van der Waals surface area (Å²) in [5.74, 6) is -8.64. The first kappa shape index (κ1) is 84.9. The van der Waals surface area contributed by atoms with Gasteiger partial charge in [0.2, 0.25) is 29.5 Å². The molecular formula is C61H108N6O22. The Labute approximate surface area is 524 Å². The van der Waals surface area contributed by atoms with E-state index in [0.717, 1.165) is 44.9 Å². The first-order chi connectivity index (χ1) is 42.4. The van der Waals surface area contributed by atoms with Crippen molar-refractivity contribution in [3.8, 4) is 0 Å².